The molecule has 1 heterocycles. The van der Waals surface area contributed by atoms with Gasteiger partial charge in [-0.3, -0.25) is 19.7 Å². The number of nitro benzene ring substituents is 1. The Morgan fingerprint density at radius 3 is 2.55 bits per heavy atom. The summed E-state index contributed by atoms with van der Waals surface area (Å²) < 4.78 is 5.44. The smallest absolute Gasteiger partial charge is 0.295 e. The number of aliphatic hydroxyl groups excluding tert-OH is 1. The van der Waals surface area contributed by atoms with Crippen LogP contribution in [0.15, 0.2) is 66.8 Å². The van der Waals surface area contributed by atoms with Gasteiger partial charge in [0, 0.05) is 30.8 Å². The van der Waals surface area contributed by atoms with Crippen molar-refractivity contribution < 1.29 is 24.4 Å². The van der Waals surface area contributed by atoms with Crippen LogP contribution < -0.4 is 4.74 Å². The molecular weight excluding hydrogens is 426 g/mol. The highest BCUT2D eigenvalue weighted by Gasteiger charge is 2.46. The van der Waals surface area contributed by atoms with Crippen LogP contribution in [-0.2, 0) is 9.59 Å². The summed E-state index contributed by atoms with van der Waals surface area (Å²) in [6.07, 6.45) is 1.60. The lowest BCUT2D eigenvalue weighted by atomic mass is 9.95. The first-order chi connectivity index (χ1) is 15.7. The number of rotatable bonds is 9. The highest BCUT2D eigenvalue weighted by atomic mass is 16.6. The number of hydrogen-bond donors (Lipinski definition) is 1. The van der Waals surface area contributed by atoms with E-state index in [2.05, 4.69) is 6.58 Å². The molecule has 1 aliphatic heterocycles. The van der Waals surface area contributed by atoms with Crippen LogP contribution in [0.4, 0.5) is 5.69 Å². The van der Waals surface area contributed by atoms with E-state index in [1.807, 2.05) is 19.0 Å². The molecule has 1 aliphatic rings. The van der Waals surface area contributed by atoms with E-state index in [0.29, 0.717) is 30.0 Å². The Labute approximate surface area is 191 Å². The van der Waals surface area contributed by atoms with E-state index in [-0.39, 0.29) is 23.6 Å². The number of ether oxygens (including phenoxy) is 1. The number of benzene rings is 2. The summed E-state index contributed by atoms with van der Waals surface area (Å²) in [6.45, 7) is 4.57. The standard InChI is InChI=1S/C24H25N3O6/c1-4-14-33-19-10-8-16(9-11-19)22(28)20-21(17-6-5-7-18(15-17)27(31)32)26(13-12-25(2)3)24(30)23(20)29/h4-11,15,21,28H,1,12-14H2,2-3H3/b22-20+. The third-order valence-corrected chi connectivity index (χ3v) is 5.22. The molecule has 1 fully saturated rings. The zero-order valence-corrected chi connectivity index (χ0v) is 18.4. The Morgan fingerprint density at radius 2 is 1.94 bits per heavy atom. The second kappa shape index (κ2) is 10.1. The maximum Gasteiger partial charge on any atom is 0.295 e. The Hall–Kier alpha value is -3.98. The van der Waals surface area contributed by atoms with Crippen LogP contribution in [0, 0.1) is 10.1 Å². The topological polar surface area (TPSA) is 113 Å². The number of Topliss-reactive ketones (excluding diaryl/α,β-unsaturated/α-hetero) is 1. The average molecular weight is 451 g/mol. The highest BCUT2D eigenvalue weighted by Crippen LogP contribution is 2.40. The van der Waals surface area contributed by atoms with E-state index in [1.165, 1.54) is 23.1 Å². The number of amides is 1. The number of nitrogens with zero attached hydrogens (tertiary/aromatic N) is 3. The van der Waals surface area contributed by atoms with Gasteiger partial charge in [-0.15, -0.1) is 0 Å². The molecule has 9 nitrogen and oxygen atoms in total. The first-order valence-electron chi connectivity index (χ1n) is 10.3. The lowest BCUT2D eigenvalue weighted by molar-refractivity contribution is -0.384. The molecule has 0 aliphatic carbocycles. The Morgan fingerprint density at radius 1 is 1.24 bits per heavy atom. The fourth-order valence-electron chi connectivity index (χ4n) is 3.59. The molecule has 2 aromatic carbocycles. The van der Waals surface area contributed by atoms with Crippen molar-refractivity contribution >= 4 is 23.1 Å². The van der Waals surface area contributed by atoms with Gasteiger partial charge in [0.05, 0.1) is 16.5 Å². The van der Waals surface area contributed by atoms with Crippen molar-refractivity contribution in [3.05, 3.63) is 88.0 Å². The summed E-state index contributed by atoms with van der Waals surface area (Å²) in [6, 6.07) is 11.2. The number of non-ortho nitro benzene ring substituents is 1. The largest absolute Gasteiger partial charge is 0.507 e. The SMILES string of the molecule is C=CCOc1ccc(/C(O)=C2\C(=O)C(=O)N(CCN(C)C)C2c2cccc([N+](=O)[O-])c2)cc1. The van der Waals surface area contributed by atoms with Crippen molar-refractivity contribution in [2.45, 2.75) is 6.04 Å². The number of carbonyl (C=O) groups is 2. The quantitative estimate of drug-likeness (QED) is 0.156. The molecule has 0 bridgehead atoms. The van der Waals surface area contributed by atoms with Crippen LogP contribution in [0.2, 0.25) is 0 Å². The number of ketones is 1. The van der Waals surface area contributed by atoms with Crippen LogP contribution in [0.1, 0.15) is 17.2 Å². The number of hydrogen-bond acceptors (Lipinski definition) is 7. The molecule has 1 atom stereocenters. The fourth-order valence-corrected chi connectivity index (χ4v) is 3.59. The lowest BCUT2D eigenvalue weighted by Gasteiger charge is -2.26. The number of carbonyl (C=O) groups excluding carboxylic acids is 2. The molecule has 1 unspecified atom stereocenters. The minimum atomic E-state index is -0.957. The molecule has 0 aromatic heterocycles. The van der Waals surface area contributed by atoms with Crippen molar-refractivity contribution in [3.63, 3.8) is 0 Å². The second-order valence-electron chi connectivity index (χ2n) is 7.77. The third kappa shape index (κ3) is 5.09. The van der Waals surface area contributed by atoms with E-state index >= 15 is 0 Å². The third-order valence-electron chi connectivity index (χ3n) is 5.22. The van der Waals surface area contributed by atoms with E-state index in [4.69, 9.17) is 4.74 Å². The predicted molar refractivity (Wildman–Crippen MR) is 123 cm³/mol. The van der Waals surface area contributed by atoms with E-state index < -0.39 is 22.7 Å². The van der Waals surface area contributed by atoms with Gasteiger partial charge in [0.15, 0.2) is 0 Å². The van der Waals surface area contributed by atoms with Gasteiger partial charge < -0.3 is 19.6 Å². The molecular formula is C24H25N3O6. The molecule has 0 spiro atoms. The van der Waals surface area contributed by atoms with Crippen LogP contribution in [0.25, 0.3) is 5.76 Å². The van der Waals surface area contributed by atoms with Crippen molar-refractivity contribution in [3.8, 4) is 5.75 Å². The Bertz CT molecular complexity index is 1110. The zero-order valence-electron chi connectivity index (χ0n) is 18.4. The molecule has 0 radical (unpaired) electrons. The van der Waals surface area contributed by atoms with Gasteiger partial charge in [-0.2, -0.15) is 0 Å². The first-order valence-corrected chi connectivity index (χ1v) is 10.3. The van der Waals surface area contributed by atoms with E-state index in [9.17, 15) is 24.8 Å². The maximum absolute atomic E-state index is 13.0. The molecule has 1 amide bonds. The van der Waals surface area contributed by atoms with Crippen molar-refractivity contribution in [2.75, 3.05) is 33.8 Å². The van der Waals surface area contributed by atoms with Crippen LogP contribution in [0.3, 0.4) is 0 Å². The van der Waals surface area contributed by atoms with Gasteiger partial charge in [0.2, 0.25) is 0 Å². The number of likely N-dealkylation sites (N-methyl/N-ethyl adjacent to an activating group) is 1. The molecule has 9 heteroatoms. The summed E-state index contributed by atoms with van der Waals surface area (Å²) >= 11 is 0. The summed E-state index contributed by atoms with van der Waals surface area (Å²) in [4.78, 5) is 39.8. The predicted octanol–water partition coefficient (Wildman–Crippen LogP) is 3.14. The number of likely N-dealkylation sites (tertiary alicyclic amines) is 1. The summed E-state index contributed by atoms with van der Waals surface area (Å²) in [5.74, 6) is -1.41. The van der Waals surface area contributed by atoms with E-state index in [0.717, 1.165) is 0 Å². The minimum absolute atomic E-state index is 0.112. The van der Waals surface area contributed by atoms with Gasteiger partial charge in [0.1, 0.15) is 18.1 Å². The maximum atomic E-state index is 13.0. The van der Waals surface area contributed by atoms with Crippen LogP contribution in [-0.4, -0.2) is 65.3 Å². The second-order valence-corrected chi connectivity index (χ2v) is 7.77. The Kier molecular flexibility index (Phi) is 7.24. The number of aliphatic hydroxyl groups is 1. The summed E-state index contributed by atoms with van der Waals surface area (Å²) in [5.41, 5.74) is 0.407. The average Bonchev–Trinajstić information content (AvgIpc) is 3.06. The molecule has 1 N–H and O–H groups in total. The lowest BCUT2D eigenvalue weighted by Crippen LogP contribution is -2.35. The molecule has 2 aromatic rings. The first kappa shape index (κ1) is 23.7. The van der Waals surface area contributed by atoms with E-state index in [1.54, 1.807) is 36.4 Å². The normalized spacial score (nSPS) is 17.4. The zero-order chi connectivity index (χ0) is 24.1. The molecule has 3 rings (SSSR count). The number of nitro groups is 1. The summed E-state index contributed by atoms with van der Waals surface area (Å²) in [7, 11) is 3.66. The van der Waals surface area contributed by atoms with Gasteiger partial charge in [0.25, 0.3) is 17.4 Å². The molecule has 33 heavy (non-hydrogen) atoms. The molecule has 172 valence electrons. The molecule has 1 saturated heterocycles. The Balaban J connectivity index is 2.10. The van der Waals surface area contributed by atoms with Gasteiger partial charge in [-0.1, -0.05) is 24.8 Å². The monoisotopic (exact) mass is 451 g/mol. The summed E-state index contributed by atoms with van der Waals surface area (Å²) in [5, 5.41) is 22.4. The van der Waals surface area contributed by atoms with Gasteiger partial charge >= 0.3 is 0 Å². The van der Waals surface area contributed by atoms with Gasteiger partial charge in [-0.05, 0) is 43.9 Å². The van der Waals surface area contributed by atoms with Crippen molar-refractivity contribution in [1.29, 1.82) is 0 Å². The van der Waals surface area contributed by atoms with Crippen LogP contribution in [0.5, 0.6) is 5.75 Å². The fraction of sp³-hybridized carbons (Fsp3) is 0.250. The van der Waals surface area contributed by atoms with Gasteiger partial charge in [-0.25, -0.2) is 0 Å². The molecule has 0 saturated carbocycles. The van der Waals surface area contributed by atoms with Crippen LogP contribution >= 0.6 is 0 Å². The van der Waals surface area contributed by atoms with Crippen molar-refractivity contribution in [1.82, 2.24) is 9.80 Å². The highest BCUT2D eigenvalue weighted by molar-refractivity contribution is 6.46. The van der Waals surface area contributed by atoms with Crippen molar-refractivity contribution in [2.24, 2.45) is 0 Å². The minimum Gasteiger partial charge on any atom is -0.507 e.